The highest BCUT2D eigenvalue weighted by Crippen LogP contribution is 2.18. The molecule has 2 rings (SSSR count). The average Bonchev–Trinajstić information content (AvgIpc) is 2.39. The van der Waals surface area contributed by atoms with E-state index in [2.05, 4.69) is 0 Å². The van der Waals surface area contributed by atoms with Crippen molar-refractivity contribution in [1.29, 1.82) is 0 Å². The summed E-state index contributed by atoms with van der Waals surface area (Å²) in [5.41, 5.74) is 6.32. The van der Waals surface area contributed by atoms with E-state index >= 15 is 0 Å². The van der Waals surface area contributed by atoms with Gasteiger partial charge in [-0.1, -0.05) is 24.4 Å². The second kappa shape index (κ2) is 6.10. The molecular formula is C14H17FN2OS. The Kier molecular flexibility index (Phi) is 4.47. The fourth-order valence-electron chi connectivity index (χ4n) is 2.35. The zero-order valence-corrected chi connectivity index (χ0v) is 11.5. The van der Waals surface area contributed by atoms with E-state index in [0.29, 0.717) is 23.6 Å². The third kappa shape index (κ3) is 3.73. The topological polar surface area (TPSA) is 46.3 Å². The minimum Gasteiger partial charge on any atom is -0.393 e. The van der Waals surface area contributed by atoms with E-state index in [1.54, 1.807) is 17.0 Å². The van der Waals surface area contributed by atoms with Crippen LogP contribution in [-0.2, 0) is 11.2 Å². The molecule has 1 aliphatic rings. The number of carbonyl (C=O) groups is 1. The summed E-state index contributed by atoms with van der Waals surface area (Å²) in [6.45, 7) is 1.35. The molecule has 0 atom stereocenters. The van der Waals surface area contributed by atoms with Gasteiger partial charge in [0.2, 0.25) is 5.91 Å². The van der Waals surface area contributed by atoms with Crippen LogP contribution in [0.25, 0.3) is 0 Å². The number of nitrogens with two attached hydrogens (primary N) is 1. The van der Waals surface area contributed by atoms with Gasteiger partial charge in [-0.3, -0.25) is 4.79 Å². The highest BCUT2D eigenvalue weighted by atomic mass is 32.1. The van der Waals surface area contributed by atoms with Crippen LogP contribution in [0.15, 0.2) is 24.3 Å². The van der Waals surface area contributed by atoms with Gasteiger partial charge < -0.3 is 10.6 Å². The fraction of sp³-hybridized carbons (Fsp3) is 0.429. The summed E-state index contributed by atoms with van der Waals surface area (Å²) >= 11 is 4.97. The van der Waals surface area contributed by atoms with Crippen LogP contribution in [0, 0.1) is 11.7 Å². The minimum absolute atomic E-state index is 0.0342. The molecular weight excluding hydrogens is 263 g/mol. The third-order valence-electron chi connectivity index (χ3n) is 3.49. The predicted molar refractivity (Wildman–Crippen MR) is 76.2 cm³/mol. The number of piperidine rings is 1. The molecule has 1 heterocycles. The molecule has 5 heteroatoms. The lowest BCUT2D eigenvalue weighted by atomic mass is 9.96. The maximum Gasteiger partial charge on any atom is 0.226 e. The second-order valence-corrected chi connectivity index (χ2v) is 5.34. The molecule has 0 bridgehead atoms. The van der Waals surface area contributed by atoms with Gasteiger partial charge >= 0.3 is 0 Å². The van der Waals surface area contributed by atoms with E-state index in [-0.39, 0.29) is 24.1 Å². The molecule has 1 aromatic rings. The number of halogens is 1. The minimum atomic E-state index is -0.308. The zero-order valence-electron chi connectivity index (χ0n) is 10.6. The first-order valence-corrected chi connectivity index (χ1v) is 6.78. The van der Waals surface area contributed by atoms with Gasteiger partial charge in [-0.15, -0.1) is 0 Å². The smallest absolute Gasteiger partial charge is 0.226 e. The molecule has 1 saturated heterocycles. The molecule has 0 aliphatic carbocycles. The maximum atomic E-state index is 13.0. The lowest BCUT2D eigenvalue weighted by molar-refractivity contribution is -0.131. The van der Waals surface area contributed by atoms with Crippen molar-refractivity contribution in [1.82, 2.24) is 4.90 Å². The molecule has 0 unspecified atom stereocenters. The first-order valence-electron chi connectivity index (χ1n) is 6.38. The van der Waals surface area contributed by atoms with Gasteiger partial charge in [-0.2, -0.15) is 0 Å². The number of benzene rings is 1. The van der Waals surface area contributed by atoms with Crippen LogP contribution in [0.3, 0.4) is 0 Å². The number of hydrogen-bond donors (Lipinski definition) is 1. The highest BCUT2D eigenvalue weighted by molar-refractivity contribution is 7.80. The van der Waals surface area contributed by atoms with Crippen LogP contribution < -0.4 is 5.73 Å². The Morgan fingerprint density at radius 1 is 1.42 bits per heavy atom. The first-order chi connectivity index (χ1) is 9.06. The Morgan fingerprint density at radius 2 is 2.11 bits per heavy atom. The van der Waals surface area contributed by atoms with Crippen LogP contribution in [0.4, 0.5) is 4.39 Å². The van der Waals surface area contributed by atoms with Gasteiger partial charge in [0.05, 0.1) is 11.4 Å². The number of nitrogens with zero attached hydrogens (tertiary/aromatic N) is 1. The van der Waals surface area contributed by atoms with Crippen LogP contribution in [0.1, 0.15) is 18.4 Å². The van der Waals surface area contributed by atoms with Gasteiger partial charge in [0.25, 0.3) is 0 Å². The fourth-order valence-corrected chi connectivity index (χ4v) is 2.58. The number of carbonyl (C=O) groups excluding carboxylic acids is 1. The monoisotopic (exact) mass is 280 g/mol. The van der Waals surface area contributed by atoms with Crippen molar-refractivity contribution in [3.63, 3.8) is 0 Å². The molecule has 0 aromatic heterocycles. The lowest BCUT2D eigenvalue weighted by Gasteiger charge is -2.31. The predicted octanol–water partition coefficient (Wildman–Crippen LogP) is 1.89. The molecule has 1 aromatic carbocycles. The highest BCUT2D eigenvalue weighted by Gasteiger charge is 2.24. The van der Waals surface area contributed by atoms with E-state index in [9.17, 15) is 9.18 Å². The van der Waals surface area contributed by atoms with Crippen molar-refractivity contribution in [2.75, 3.05) is 13.1 Å². The van der Waals surface area contributed by atoms with Crippen LogP contribution in [-0.4, -0.2) is 28.9 Å². The van der Waals surface area contributed by atoms with Gasteiger partial charge in [0.1, 0.15) is 5.82 Å². The molecule has 0 radical (unpaired) electrons. The Labute approximate surface area is 117 Å². The first kappa shape index (κ1) is 13.9. The van der Waals surface area contributed by atoms with E-state index in [1.165, 1.54) is 12.1 Å². The number of amides is 1. The Bertz CT molecular complexity index is 484. The van der Waals surface area contributed by atoms with Crippen molar-refractivity contribution in [2.45, 2.75) is 19.3 Å². The standard InChI is InChI=1S/C14H17FN2OS/c15-12-3-1-2-10(8-12)9-13(18)17-6-4-11(5-7-17)14(16)19/h1-3,8,11H,4-7,9H2,(H2,16,19). The van der Waals surface area contributed by atoms with Crippen molar-refractivity contribution in [2.24, 2.45) is 11.7 Å². The summed E-state index contributed by atoms with van der Waals surface area (Å²) in [5.74, 6) is -0.0299. The molecule has 0 spiro atoms. The largest absolute Gasteiger partial charge is 0.393 e. The molecule has 2 N–H and O–H groups in total. The summed E-state index contributed by atoms with van der Waals surface area (Å²) in [6, 6.07) is 6.17. The SMILES string of the molecule is NC(=S)C1CCN(C(=O)Cc2cccc(F)c2)CC1. The van der Waals surface area contributed by atoms with Crippen molar-refractivity contribution in [3.8, 4) is 0 Å². The number of hydrogen-bond acceptors (Lipinski definition) is 2. The van der Waals surface area contributed by atoms with Gasteiger partial charge in [0.15, 0.2) is 0 Å². The average molecular weight is 280 g/mol. The van der Waals surface area contributed by atoms with Gasteiger partial charge in [-0.25, -0.2) is 4.39 Å². The molecule has 3 nitrogen and oxygen atoms in total. The van der Waals surface area contributed by atoms with E-state index in [0.717, 1.165) is 12.8 Å². The Hall–Kier alpha value is -1.49. The molecule has 1 fully saturated rings. The van der Waals surface area contributed by atoms with E-state index in [4.69, 9.17) is 18.0 Å². The Morgan fingerprint density at radius 3 is 2.68 bits per heavy atom. The molecule has 102 valence electrons. The van der Waals surface area contributed by atoms with Crippen LogP contribution in [0.2, 0.25) is 0 Å². The second-order valence-electron chi connectivity index (χ2n) is 4.86. The quantitative estimate of drug-likeness (QED) is 0.860. The summed E-state index contributed by atoms with van der Waals surface area (Å²) < 4.78 is 13.0. The van der Waals surface area contributed by atoms with Crippen LogP contribution in [0.5, 0.6) is 0 Å². The molecule has 19 heavy (non-hydrogen) atoms. The Balaban J connectivity index is 1.90. The van der Waals surface area contributed by atoms with Gasteiger partial charge in [-0.05, 0) is 30.5 Å². The van der Waals surface area contributed by atoms with Crippen molar-refractivity contribution >= 4 is 23.1 Å². The van der Waals surface area contributed by atoms with Crippen molar-refractivity contribution < 1.29 is 9.18 Å². The summed E-state index contributed by atoms with van der Waals surface area (Å²) in [7, 11) is 0. The zero-order chi connectivity index (χ0) is 13.8. The number of thiocarbonyl (C=S) groups is 1. The number of rotatable bonds is 3. The van der Waals surface area contributed by atoms with E-state index < -0.39 is 0 Å². The maximum absolute atomic E-state index is 13.0. The molecule has 0 saturated carbocycles. The summed E-state index contributed by atoms with van der Waals surface area (Å²) in [6.07, 6.45) is 1.89. The van der Waals surface area contributed by atoms with Gasteiger partial charge in [0, 0.05) is 19.0 Å². The van der Waals surface area contributed by atoms with Crippen molar-refractivity contribution in [3.05, 3.63) is 35.6 Å². The third-order valence-corrected chi connectivity index (χ3v) is 3.83. The summed E-state index contributed by atoms with van der Waals surface area (Å²) in [5, 5.41) is 0. The number of likely N-dealkylation sites (tertiary alicyclic amines) is 1. The van der Waals surface area contributed by atoms with Crippen LogP contribution >= 0.6 is 12.2 Å². The molecule has 1 amide bonds. The molecule has 1 aliphatic heterocycles. The lowest BCUT2D eigenvalue weighted by Crippen LogP contribution is -2.41. The van der Waals surface area contributed by atoms with E-state index in [1.807, 2.05) is 0 Å². The summed E-state index contributed by atoms with van der Waals surface area (Å²) in [4.78, 5) is 14.4. The normalized spacial score (nSPS) is 16.4.